The van der Waals surface area contributed by atoms with Crippen molar-refractivity contribution in [1.82, 2.24) is 9.97 Å². The topological polar surface area (TPSA) is 61.4 Å². The van der Waals surface area contributed by atoms with Gasteiger partial charge in [-0.3, -0.25) is 4.79 Å². The highest BCUT2D eigenvalue weighted by atomic mass is 16.1. The van der Waals surface area contributed by atoms with Crippen molar-refractivity contribution in [3.63, 3.8) is 0 Å². The Bertz CT molecular complexity index is 939. The highest BCUT2D eigenvalue weighted by molar-refractivity contribution is 6.03. The van der Waals surface area contributed by atoms with Crippen LogP contribution in [0.2, 0.25) is 0 Å². The van der Waals surface area contributed by atoms with Crippen LogP contribution in [0.1, 0.15) is 21.7 Å². The second-order valence-corrected chi connectivity index (χ2v) is 6.93. The lowest BCUT2D eigenvalue weighted by Gasteiger charge is -2.18. The maximum Gasteiger partial charge on any atom is 0.274 e. The Kier molecular flexibility index (Phi) is 5.89. The van der Waals surface area contributed by atoms with Gasteiger partial charge in [0.05, 0.1) is 0 Å². The molecule has 0 spiro atoms. The van der Waals surface area contributed by atoms with Crippen LogP contribution in [0.5, 0.6) is 0 Å². The van der Waals surface area contributed by atoms with Gasteiger partial charge in [0.25, 0.3) is 5.91 Å². The summed E-state index contributed by atoms with van der Waals surface area (Å²) in [6.07, 6.45) is 0. The molecule has 0 saturated carbocycles. The Hall–Kier alpha value is -3.41. The first-order chi connectivity index (χ1) is 13.4. The van der Waals surface area contributed by atoms with Gasteiger partial charge in [-0.2, -0.15) is 0 Å². The molecular formula is C22H25N5O. The van der Waals surface area contributed by atoms with Crippen LogP contribution in [0, 0.1) is 6.92 Å². The molecule has 0 aliphatic rings. The molecule has 2 aromatic carbocycles. The fourth-order valence-electron chi connectivity index (χ4n) is 2.81. The van der Waals surface area contributed by atoms with Gasteiger partial charge >= 0.3 is 0 Å². The number of aryl methyl sites for hydroxylation is 1. The predicted molar refractivity (Wildman–Crippen MR) is 114 cm³/mol. The summed E-state index contributed by atoms with van der Waals surface area (Å²) in [7, 11) is 5.87. The lowest BCUT2D eigenvalue weighted by molar-refractivity contribution is 0.102. The van der Waals surface area contributed by atoms with Gasteiger partial charge in [-0.25, -0.2) is 9.97 Å². The zero-order valence-corrected chi connectivity index (χ0v) is 16.7. The minimum Gasteiger partial charge on any atom is -0.378 e. The van der Waals surface area contributed by atoms with E-state index in [1.807, 2.05) is 80.3 Å². The van der Waals surface area contributed by atoms with E-state index < -0.39 is 0 Å². The van der Waals surface area contributed by atoms with E-state index in [9.17, 15) is 4.79 Å². The van der Waals surface area contributed by atoms with Gasteiger partial charge in [-0.05, 0) is 42.8 Å². The van der Waals surface area contributed by atoms with Crippen molar-refractivity contribution in [3.05, 3.63) is 77.6 Å². The number of amides is 1. The van der Waals surface area contributed by atoms with E-state index in [0.29, 0.717) is 18.2 Å². The number of carbonyl (C=O) groups excluding carboxylic acids is 1. The molecule has 6 nitrogen and oxygen atoms in total. The molecule has 6 heteroatoms. The summed E-state index contributed by atoms with van der Waals surface area (Å²) < 4.78 is 0. The number of hydrogen-bond donors (Lipinski definition) is 1. The number of anilines is 3. The lowest BCUT2D eigenvalue weighted by atomic mass is 10.2. The van der Waals surface area contributed by atoms with Crippen LogP contribution in [0.25, 0.3) is 0 Å². The lowest BCUT2D eigenvalue weighted by Crippen LogP contribution is -2.22. The van der Waals surface area contributed by atoms with Crippen LogP contribution in [0.3, 0.4) is 0 Å². The van der Waals surface area contributed by atoms with Gasteiger partial charge in [-0.1, -0.05) is 30.3 Å². The van der Waals surface area contributed by atoms with Crippen LogP contribution in [0.15, 0.2) is 60.7 Å². The van der Waals surface area contributed by atoms with E-state index in [-0.39, 0.29) is 5.91 Å². The van der Waals surface area contributed by atoms with Crippen LogP contribution < -0.4 is 15.1 Å². The smallest absolute Gasteiger partial charge is 0.274 e. The summed E-state index contributed by atoms with van der Waals surface area (Å²) in [6.45, 7) is 2.53. The summed E-state index contributed by atoms with van der Waals surface area (Å²) in [4.78, 5) is 25.6. The molecule has 3 aromatic rings. The molecule has 28 heavy (non-hydrogen) atoms. The molecule has 1 aromatic heterocycles. The number of aromatic nitrogens is 2. The summed E-state index contributed by atoms with van der Waals surface area (Å²) in [5, 5.41) is 2.90. The molecule has 0 bridgehead atoms. The number of nitrogens with zero attached hydrogens (tertiary/aromatic N) is 4. The van der Waals surface area contributed by atoms with Crippen molar-refractivity contribution in [2.45, 2.75) is 13.5 Å². The monoisotopic (exact) mass is 375 g/mol. The van der Waals surface area contributed by atoms with E-state index in [4.69, 9.17) is 0 Å². The van der Waals surface area contributed by atoms with Gasteiger partial charge in [0.15, 0.2) is 0 Å². The molecule has 0 aliphatic heterocycles. The third kappa shape index (κ3) is 4.85. The second kappa shape index (κ2) is 8.52. The molecule has 0 fully saturated rings. The van der Waals surface area contributed by atoms with Crippen molar-refractivity contribution in [1.29, 1.82) is 0 Å². The van der Waals surface area contributed by atoms with Crippen LogP contribution in [-0.2, 0) is 6.54 Å². The summed E-state index contributed by atoms with van der Waals surface area (Å²) in [5.74, 6) is 0.273. The maximum atomic E-state index is 12.7. The quantitative estimate of drug-likeness (QED) is 0.711. The molecule has 1 N–H and O–H groups in total. The number of benzene rings is 2. The highest BCUT2D eigenvalue weighted by Crippen LogP contribution is 2.17. The Morgan fingerprint density at radius 2 is 1.64 bits per heavy atom. The van der Waals surface area contributed by atoms with Crippen LogP contribution in [0.4, 0.5) is 17.3 Å². The summed E-state index contributed by atoms with van der Waals surface area (Å²) in [5.41, 5.74) is 4.05. The maximum absolute atomic E-state index is 12.7. The zero-order chi connectivity index (χ0) is 20.1. The normalized spacial score (nSPS) is 10.4. The molecule has 3 rings (SSSR count). The molecule has 0 aliphatic carbocycles. The molecule has 0 atom stereocenters. The molecule has 0 saturated heterocycles. The minimum atomic E-state index is -0.252. The van der Waals surface area contributed by atoms with E-state index in [2.05, 4.69) is 27.4 Å². The van der Waals surface area contributed by atoms with Crippen molar-refractivity contribution in [2.75, 3.05) is 36.3 Å². The van der Waals surface area contributed by atoms with Gasteiger partial charge in [-0.15, -0.1) is 0 Å². The molecule has 1 amide bonds. The fourth-order valence-corrected chi connectivity index (χ4v) is 2.81. The zero-order valence-electron chi connectivity index (χ0n) is 16.7. The first-order valence-electron chi connectivity index (χ1n) is 9.12. The average Bonchev–Trinajstić information content (AvgIpc) is 2.68. The molecule has 0 radical (unpaired) electrons. The Morgan fingerprint density at radius 1 is 0.964 bits per heavy atom. The Labute approximate surface area is 165 Å². The first-order valence-corrected chi connectivity index (χ1v) is 9.12. The molecule has 144 valence electrons. The van der Waals surface area contributed by atoms with Crippen molar-refractivity contribution >= 4 is 23.2 Å². The summed E-state index contributed by atoms with van der Waals surface area (Å²) in [6, 6.07) is 19.5. The predicted octanol–water partition coefficient (Wildman–Crippen LogP) is 3.74. The molecule has 0 unspecified atom stereocenters. The van der Waals surface area contributed by atoms with Crippen LogP contribution in [-0.4, -0.2) is 37.0 Å². The van der Waals surface area contributed by atoms with Gasteiger partial charge in [0.2, 0.25) is 5.95 Å². The average molecular weight is 375 g/mol. The van der Waals surface area contributed by atoms with Gasteiger partial charge in [0.1, 0.15) is 5.69 Å². The minimum absolute atomic E-state index is 0.252. The molecular weight excluding hydrogens is 350 g/mol. The highest BCUT2D eigenvalue weighted by Gasteiger charge is 2.14. The van der Waals surface area contributed by atoms with Crippen molar-refractivity contribution in [2.24, 2.45) is 0 Å². The van der Waals surface area contributed by atoms with Gasteiger partial charge in [0, 0.05) is 44.8 Å². The number of hydrogen-bond acceptors (Lipinski definition) is 5. The second-order valence-electron chi connectivity index (χ2n) is 6.93. The van der Waals surface area contributed by atoms with E-state index in [0.717, 1.165) is 22.6 Å². The van der Waals surface area contributed by atoms with E-state index >= 15 is 0 Å². The fraction of sp³-hybridized carbons (Fsp3) is 0.227. The van der Waals surface area contributed by atoms with E-state index in [1.165, 1.54) is 0 Å². The third-order valence-corrected chi connectivity index (χ3v) is 4.32. The number of rotatable bonds is 6. The Balaban J connectivity index is 1.75. The van der Waals surface area contributed by atoms with Gasteiger partial charge < -0.3 is 15.1 Å². The largest absolute Gasteiger partial charge is 0.378 e. The van der Waals surface area contributed by atoms with Crippen molar-refractivity contribution in [3.8, 4) is 0 Å². The number of carbonyl (C=O) groups is 1. The van der Waals surface area contributed by atoms with Crippen molar-refractivity contribution < 1.29 is 4.79 Å². The molecule has 1 heterocycles. The Morgan fingerprint density at radius 3 is 2.29 bits per heavy atom. The third-order valence-electron chi connectivity index (χ3n) is 4.32. The van der Waals surface area contributed by atoms with Crippen LogP contribution >= 0.6 is 0 Å². The summed E-state index contributed by atoms with van der Waals surface area (Å²) >= 11 is 0. The number of nitrogens with one attached hydrogen (secondary N) is 1. The SMILES string of the molecule is Cc1cc(C(=O)Nc2ccc(N(C)C)cc2)nc(N(C)Cc2ccccc2)n1. The first kappa shape index (κ1) is 19.4. The standard InChI is InChI=1S/C22H25N5O/c1-16-14-20(21(28)24-18-10-12-19(13-11-18)26(2)3)25-22(23-16)27(4)15-17-8-6-5-7-9-17/h5-14H,15H2,1-4H3,(H,24,28). The van der Waals surface area contributed by atoms with E-state index in [1.54, 1.807) is 6.07 Å².